The normalized spacial score (nSPS) is 37.8. The van der Waals surface area contributed by atoms with Gasteiger partial charge in [-0.25, -0.2) is 8.78 Å². The van der Waals surface area contributed by atoms with Crippen molar-refractivity contribution in [1.82, 2.24) is 0 Å². The molecule has 0 unspecified atom stereocenters. The minimum atomic E-state index is -1.67. The van der Waals surface area contributed by atoms with Crippen LogP contribution in [-0.2, 0) is 9.47 Å². The Balaban J connectivity index is 1.80. The fourth-order valence-corrected chi connectivity index (χ4v) is 3.48. The summed E-state index contributed by atoms with van der Waals surface area (Å²) in [5, 5.41) is 77.4. The van der Waals surface area contributed by atoms with Gasteiger partial charge in [-0.2, -0.15) is 0 Å². The molecule has 3 rings (SSSR count). The predicted octanol–water partition coefficient (Wildman–Crippen LogP) is -3.65. The molecule has 0 bridgehead atoms. The van der Waals surface area contributed by atoms with Crippen molar-refractivity contribution in [2.45, 2.75) is 61.0 Å². The maximum atomic E-state index is 14.5. The molecule has 10 atom stereocenters. The van der Waals surface area contributed by atoms with Gasteiger partial charge in [-0.05, 0) is 12.1 Å². The van der Waals surface area contributed by atoms with Gasteiger partial charge < -0.3 is 50.3 Å². The second-order valence-electron chi connectivity index (χ2n) is 7.83. The van der Waals surface area contributed by atoms with Gasteiger partial charge in [-0.15, -0.1) is 0 Å². The summed E-state index contributed by atoms with van der Waals surface area (Å²) in [7, 11) is 0. The average molecular weight is 486 g/mol. The van der Waals surface area contributed by atoms with E-state index in [4.69, 9.17) is 9.47 Å². The first-order valence-electron chi connectivity index (χ1n) is 10.2. The van der Waals surface area contributed by atoms with Crippen molar-refractivity contribution in [3.05, 3.63) is 34.9 Å². The van der Waals surface area contributed by atoms with Crippen LogP contribution in [0.1, 0.15) is 11.1 Å². The molecule has 10 nitrogen and oxygen atoms in total. The third kappa shape index (κ3) is 5.22. The Kier molecular flexibility index (Phi) is 8.57. The summed E-state index contributed by atoms with van der Waals surface area (Å²) in [6.07, 6.45) is -15.1. The third-order valence-electron chi connectivity index (χ3n) is 5.57. The summed E-state index contributed by atoms with van der Waals surface area (Å²) < 4.78 is 39.4. The van der Waals surface area contributed by atoms with E-state index in [2.05, 4.69) is 23.7 Å². The Morgan fingerprint density at radius 2 is 0.971 bits per heavy atom. The van der Waals surface area contributed by atoms with Crippen LogP contribution < -0.4 is 0 Å². The lowest BCUT2D eigenvalue weighted by atomic mass is 9.95. The minimum absolute atomic E-state index is 0.437. The molecule has 12 heteroatoms. The van der Waals surface area contributed by atoms with Crippen molar-refractivity contribution in [3.8, 4) is 23.7 Å². The van der Waals surface area contributed by atoms with Gasteiger partial charge in [0.2, 0.25) is 0 Å². The summed E-state index contributed by atoms with van der Waals surface area (Å²) >= 11 is 0. The lowest BCUT2D eigenvalue weighted by Gasteiger charge is -2.37. The maximum Gasteiger partial charge on any atom is 0.175 e. The second-order valence-corrected chi connectivity index (χ2v) is 7.83. The van der Waals surface area contributed by atoms with Gasteiger partial charge in [-0.3, -0.25) is 0 Å². The van der Waals surface area contributed by atoms with Gasteiger partial charge in [0.1, 0.15) is 61.0 Å². The standard InChI is InChI=1S/C22H24F2O10/c23-15-9(3-5-11-17(27)21(31)19(29)13(7-25)33-11)1-2-10(16(15)24)4-6-12-18(28)22(32)20(30)14(8-26)34-12/h1-2,11-14,17-22,25-32H,7-8H2/t11-,12-,13-,14-,17-,18-,19-,20-,21-,22-/m1/s1. The molecule has 1 aromatic rings. The fraction of sp³-hybridized carbons (Fsp3) is 0.545. The minimum Gasteiger partial charge on any atom is -0.394 e. The smallest absolute Gasteiger partial charge is 0.175 e. The zero-order valence-corrected chi connectivity index (χ0v) is 17.5. The van der Waals surface area contributed by atoms with Crippen molar-refractivity contribution < 1.29 is 59.1 Å². The quantitative estimate of drug-likeness (QED) is 0.194. The maximum absolute atomic E-state index is 14.5. The van der Waals surface area contributed by atoms with Crippen molar-refractivity contribution in [2.75, 3.05) is 13.2 Å². The molecule has 34 heavy (non-hydrogen) atoms. The number of ether oxygens (including phenoxy) is 2. The molecular formula is C22H24F2O10. The first kappa shape index (κ1) is 26.4. The summed E-state index contributed by atoms with van der Waals surface area (Å²) in [4.78, 5) is 0. The molecule has 2 saturated heterocycles. The molecule has 0 aromatic heterocycles. The number of benzene rings is 1. The lowest BCUT2D eigenvalue weighted by Crippen LogP contribution is -2.58. The number of hydrogen-bond donors (Lipinski definition) is 8. The second kappa shape index (κ2) is 11.0. The van der Waals surface area contributed by atoms with E-state index >= 15 is 0 Å². The van der Waals surface area contributed by atoms with Crippen LogP contribution in [0.3, 0.4) is 0 Å². The van der Waals surface area contributed by atoms with Gasteiger partial charge in [0.15, 0.2) is 11.6 Å². The van der Waals surface area contributed by atoms with E-state index in [9.17, 15) is 49.6 Å². The number of hydrogen-bond acceptors (Lipinski definition) is 10. The highest BCUT2D eigenvalue weighted by molar-refractivity contribution is 5.45. The molecule has 8 N–H and O–H groups in total. The van der Waals surface area contributed by atoms with Crippen LogP contribution in [0.5, 0.6) is 0 Å². The zero-order valence-electron chi connectivity index (χ0n) is 17.5. The number of halogens is 2. The largest absolute Gasteiger partial charge is 0.394 e. The van der Waals surface area contributed by atoms with Crippen LogP contribution in [0.15, 0.2) is 12.1 Å². The first-order valence-corrected chi connectivity index (χ1v) is 10.2. The molecule has 0 aliphatic carbocycles. The summed E-state index contributed by atoms with van der Waals surface area (Å²) in [5.41, 5.74) is -0.874. The Labute approximate surface area is 192 Å². The summed E-state index contributed by atoms with van der Waals surface area (Å²) in [6.45, 7) is -1.35. The molecule has 0 saturated carbocycles. The highest BCUT2D eigenvalue weighted by atomic mass is 19.2. The van der Waals surface area contributed by atoms with Crippen LogP contribution in [0, 0.1) is 35.3 Å². The van der Waals surface area contributed by atoms with E-state index < -0.39 is 97.0 Å². The van der Waals surface area contributed by atoms with E-state index in [1.807, 2.05) is 0 Å². The Morgan fingerprint density at radius 3 is 1.29 bits per heavy atom. The van der Waals surface area contributed by atoms with E-state index in [-0.39, 0.29) is 0 Å². The highest BCUT2D eigenvalue weighted by Gasteiger charge is 2.43. The van der Waals surface area contributed by atoms with Crippen molar-refractivity contribution >= 4 is 0 Å². The van der Waals surface area contributed by atoms with Crippen LogP contribution >= 0.6 is 0 Å². The number of aliphatic hydroxyl groups excluding tert-OH is 8. The molecule has 0 spiro atoms. The predicted molar refractivity (Wildman–Crippen MR) is 108 cm³/mol. The van der Waals surface area contributed by atoms with Gasteiger partial charge in [0, 0.05) is 0 Å². The molecule has 0 amide bonds. The number of aliphatic hydroxyl groups is 8. The van der Waals surface area contributed by atoms with Crippen LogP contribution in [0.2, 0.25) is 0 Å². The van der Waals surface area contributed by atoms with E-state index in [0.29, 0.717) is 0 Å². The molecule has 2 heterocycles. The van der Waals surface area contributed by atoms with Crippen molar-refractivity contribution in [3.63, 3.8) is 0 Å². The molecule has 2 fully saturated rings. The molecular weight excluding hydrogens is 462 g/mol. The molecule has 2 aliphatic heterocycles. The molecule has 1 aromatic carbocycles. The summed E-state index contributed by atoms with van der Waals surface area (Å²) in [5.74, 6) is 6.41. The van der Waals surface area contributed by atoms with E-state index in [1.165, 1.54) is 0 Å². The van der Waals surface area contributed by atoms with Crippen LogP contribution in [-0.4, -0.2) is 115 Å². The molecule has 2 aliphatic rings. The average Bonchev–Trinajstić information content (AvgIpc) is 2.83. The molecule has 0 radical (unpaired) electrons. The van der Waals surface area contributed by atoms with Gasteiger partial charge in [0.25, 0.3) is 0 Å². The van der Waals surface area contributed by atoms with Crippen LogP contribution in [0.25, 0.3) is 0 Å². The first-order chi connectivity index (χ1) is 16.1. The van der Waals surface area contributed by atoms with Gasteiger partial charge in [-0.1, -0.05) is 23.7 Å². The Hall–Kier alpha value is -2.20. The summed E-state index contributed by atoms with van der Waals surface area (Å²) in [6, 6.07) is 2.15. The molecule has 186 valence electrons. The van der Waals surface area contributed by atoms with Gasteiger partial charge in [0.05, 0.1) is 24.3 Å². The van der Waals surface area contributed by atoms with Gasteiger partial charge >= 0.3 is 0 Å². The van der Waals surface area contributed by atoms with E-state index in [0.717, 1.165) is 12.1 Å². The Morgan fingerprint density at radius 1 is 0.618 bits per heavy atom. The Bertz CT molecular complexity index is 916. The lowest BCUT2D eigenvalue weighted by molar-refractivity contribution is -0.214. The third-order valence-corrected chi connectivity index (χ3v) is 5.57. The monoisotopic (exact) mass is 486 g/mol. The van der Waals surface area contributed by atoms with Crippen molar-refractivity contribution in [2.24, 2.45) is 0 Å². The van der Waals surface area contributed by atoms with Crippen LogP contribution in [0.4, 0.5) is 8.78 Å². The SMILES string of the molecule is OC[C@H]1O[C@H](C#Cc2ccc(C#C[C@H]3O[C@H](CO)[C@@H](O)[C@H](O)[C@@H]3O)c(F)c2F)[C@@H](O)[C@@H](O)[C@@H]1O. The highest BCUT2D eigenvalue weighted by Crippen LogP contribution is 2.23. The zero-order chi connectivity index (χ0) is 25.2. The number of rotatable bonds is 2. The fourth-order valence-electron chi connectivity index (χ4n) is 3.48. The topological polar surface area (TPSA) is 180 Å². The van der Waals surface area contributed by atoms with E-state index in [1.54, 1.807) is 0 Å². The van der Waals surface area contributed by atoms with Crippen molar-refractivity contribution in [1.29, 1.82) is 0 Å².